The summed E-state index contributed by atoms with van der Waals surface area (Å²) in [5.41, 5.74) is -0.959. The number of ether oxygens (including phenoxy) is 2. The summed E-state index contributed by atoms with van der Waals surface area (Å²) in [5.74, 6) is -1.21. The fourth-order valence-electron chi connectivity index (χ4n) is 4.56. The number of hydrogen-bond donors (Lipinski definition) is 2. The van der Waals surface area contributed by atoms with Crippen LogP contribution in [-0.2, 0) is 23.9 Å². The quantitative estimate of drug-likeness (QED) is 0.649. The first kappa shape index (κ1) is 24.0. The SMILES string of the molecule is COC(=O)CNC(=O)C1N(C(=O)CNC(=O)OC(C)(C)C)CCCC12CCCCC2. The Bertz CT molecular complexity index is 646. The molecule has 3 amide bonds. The molecule has 0 aromatic heterocycles. The molecule has 0 radical (unpaired) electrons. The highest BCUT2D eigenvalue weighted by Crippen LogP contribution is 2.47. The molecule has 2 aliphatic rings. The number of likely N-dealkylation sites (tertiary alicyclic amines) is 1. The molecule has 1 aliphatic heterocycles. The van der Waals surface area contributed by atoms with Crippen molar-refractivity contribution >= 4 is 23.9 Å². The molecule has 1 atom stereocenters. The van der Waals surface area contributed by atoms with Gasteiger partial charge >= 0.3 is 12.1 Å². The van der Waals surface area contributed by atoms with Crippen molar-refractivity contribution in [3.8, 4) is 0 Å². The van der Waals surface area contributed by atoms with Gasteiger partial charge in [-0.2, -0.15) is 0 Å². The van der Waals surface area contributed by atoms with Crippen LogP contribution < -0.4 is 10.6 Å². The molecule has 1 aliphatic carbocycles. The van der Waals surface area contributed by atoms with E-state index in [0.717, 1.165) is 44.9 Å². The molecular weight excluding hydrogens is 390 g/mol. The van der Waals surface area contributed by atoms with Crippen LogP contribution in [0.15, 0.2) is 0 Å². The minimum Gasteiger partial charge on any atom is -0.468 e. The van der Waals surface area contributed by atoms with Gasteiger partial charge in [0.15, 0.2) is 0 Å². The Balaban J connectivity index is 2.13. The summed E-state index contributed by atoms with van der Waals surface area (Å²) in [4.78, 5) is 51.1. The van der Waals surface area contributed by atoms with Crippen molar-refractivity contribution in [3.63, 3.8) is 0 Å². The number of carbonyl (C=O) groups excluding carboxylic acids is 4. The second-order valence-corrected chi connectivity index (χ2v) is 9.17. The van der Waals surface area contributed by atoms with E-state index in [2.05, 4.69) is 15.4 Å². The molecule has 0 aromatic rings. The average molecular weight is 426 g/mol. The van der Waals surface area contributed by atoms with Crippen LogP contribution in [0.3, 0.4) is 0 Å². The Morgan fingerprint density at radius 1 is 0.967 bits per heavy atom. The lowest BCUT2D eigenvalue weighted by atomic mass is 9.64. The maximum atomic E-state index is 13.1. The molecule has 2 N–H and O–H groups in total. The van der Waals surface area contributed by atoms with Gasteiger partial charge in [0.25, 0.3) is 0 Å². The van der Waals surface area contributed by atoms with Gasteiger partial charge < -0.3 is 25.0 Å². The predicted octanol–water partition coefficient (Wildman–Crippen LogP) is 1.74. The van der Waals surface area contributed by atoms with Crippen molar-refractivity contribution in [1.82, 2.24) is 15.5 Å². The summed E-state index contributed by atoms with van der Waals surface area (Å²) in [7, 11) is 1.26. The van der Waals surface area contributed by atoms with E-state index < -0.39 is 23.7 Å². The lowest BCUT2D eigenvalue weighted by molar-refractivity contribution is -0.152. The molecule has 1 heterocycles. The van der Waals surface area contributed by atoms with Gasteiger partial charge in [-0.1, -0.05) is 19.3 Å². The second kappa shape index (κ2) is 10.1. The third kappa shape index (κ3) is 6.34. The van der Waals surface area contributed by atoms with Gasteiger partial charge in [-0.15, -0.1) is 0 Å². The third-order valence-corrected chi connectivity index (χ3v) is 5.80. The van der Waals surface area contributed by atoms with Gasteiger partial charge in [-0.05, 0) is 51.9 Å². The van der Waals surface area contributed by atoms with E-state index in [4.69, 9.17) is 4.74 Å². The number of hydrogen-bond acceptors (Lipinski definition) is 6. The Kier molecular flexibility index (Phi) is 8.09. The number of esters is 1. The summed E-state index contributed by atoms with van der Waals surface area (Å²) in [5, 5.41) is 5.12. The zero-order valence-electron chi connectivity index (χ0n) is 18.5. The minimum absolute atomic E-state index is 0.236. The van der Waals surface area contributed by atoms with Gasteiger partial charge in [0.2, 0.25) is 11.8 Å². The van der Waals surface area contributed by atoms with Crippen molar-refractivity contribution in [1.29, 1.82) is 0 Å². The van der Waals surface area contributed by atoms with Gasteiger partial charge in [-0.3, -0.25) is 14.4 Å². The molecule has 0 bridgehead atoms. The summed E-state index contributed by atoms with van der Waals surface area (Å²) in [6.45, 7) is 5.19. The van der Waals surface area contributed by atoms with E-state index in [-0.39, 0.29) is 30.3 Å². The molecule has 1 unspecified atom stereocenters. The van der Waals surface area contributed by atoms with Crippen LogP contribution in [-0.4, -0.2) is 67.2 Å². The minimum atomic E-state index is -0.674. The van der Waals surface area contributed by atoms with Crippen molar-refractivity contribution in [2.45, 2.75) is 77.4 Å². The van der Waals surface area contributed by atoms with Crippen LogP contribution in [0.2, 0.25) is 0 Å². The van der Waals surface area contributed by atoms with Crippen molar-refractivity contribution in [2.24, 2.45) is 5.41 Å². The van der Waals surface area contributed by atoms with Crippen LogP contribution in [0.1, 0.15) is 65.7 Å². The van der Waals surface area contributed by atoms with Crippen molar-refractivity contribution in [3.05, 3.63) is 0 Å². The van der Waals surface area contributed by atoms with E-state index >= 15 is 0 Å². The lowest BCUT2D eigenvalue weighted by Gasteiger charge is -2.51. The second-order valence-electron chi connectivity index (χ2n) is 9.17. The molecule has 0 aromatic carbocycles. The van der Waals surface area contributed by atoms with Crippen LogP contribution in [0, 0.1) is 5.41 Å². The molecule has 2 fully saturated rings. The smallest absolute Gasteiger partial charge is 0.408 e. The Morgan fingerprint density at radius 2 is 1.60 bits per heavy atom. The number of amides is 3. The predicted molar refractivity (Wildman–Crippen MR) is 110 cm³/mol. The van der Waals surface area contributed by atoms with Crippen LogP contribution in [0.4, 0.5) is 4.79 Å². The van der Waals surface area contributed by atoms with Crippen LogP contribution in [0.5, 0.6) is 0 Å². The summed E-state index contributed by atoms with van der Waals surface area (Å²) >= 11 is 0. The number of nitrogens with one attached hydrogen (secondary N) is 2. The molecule has 2 rings (SSSR count). The highest BCUT2D eigenvalue weighted by atomic mass is 16.6. The maximum Gasteiger partial charge on any atom is 0.408 e. The number of alkyl carbamates (subject to hydrolysis) is 1. The van der Waals surface area contributed by atoms with Crippen LogP contribution in [0.25, 0.3) is 0 Å². The number of piperidine rings is 1. The van der Waals surface area contributed by atoms with Gasteiger partial charge in [0, 0.05) is 6.54 Å². The average Bonchev–Trinajstić information content (AvgIpc) is 2.69. The summed E-state index contributed by atoms with van der Waals surface area (Å²) in [6.07, 6.45) is 5.88. The first-order valence-electron chi connectivity index (χ1n) is 10.7. The largest absolute Gasteiger partial charge is 0.468 e. The molecule has 9 heteroatoms. The lowest BCUT2D eigenvalue weighted by Crippen LogP contribution is -2.63. The highest BCUT2D eigenvalue weighted by Gasteiger charge is 2.50. The maximum absolute atomic E-state index is 13.1. The molecular formula is C21H35N3O6. The van der Waals surface area contributed by atoms with E-state index in [1.165, 1.54) is 7.11 Å². The number of rotatable bonds is 5. The monoisotopic (exact) mass is 425 g/mol. The Hall–Kier alpha value is -2.32. The fraction of sp³-hybridized carbons (Fsp3) is 0.810. The van der Waals surface area contributed by atoms with E-state index in [9.17, 15) is 19.2 Å². The van der Waals surface area contributed by atoms with Gasteiger partial charge in [0.05, 0.1) is 7.11 Å². The fourth-order valence-corrected chi connectivity index (χ4v) is 4.56. The number of carbonyl (C=O) groups is 4. The van der Waals surface area contributed by atoms with Gasteiger partial charge in [0.1, 0.15) is 24.7 Å². The summed E-state index contributed by atoms with van der Waals surface area (Å²) in [6, 6.07) is -0.663. The number of methoxy groups -OCH3 is 1. The Morgan fingerprint density at radius 3 is 2.20 bits per heavy atom. The van der Waals surface area contributed by atoms with E-state index in [1.54, 1.807) is 25.7 Å². The molecule has 170 valence electrons. The zero-order chi connectivity index (χ0) is 22.4. The van der Waals surface area contributed by atoms with Crippen molar-refractivity contribution < 1.29 is 28.7 Å². The molecule has 30 heavy (non-hydrogen) atoms. The summed E-state index contributed by atoms with van der Waals surface area (Å²) < 4.78 is 9.79. The van der Waals surface area contributed by atoms with Crippen LogP contribution >= 0.6 is 0 Å². The third-order valence-electron chi connectivity index (χ3n) is 5.80. The first-order valence-corrected chi connectivity index (χ1v) is 10.7. The topological polar surface area (TPSA) is 114 Å². The number of nitrogens with zero attached hydrogens (tertiary/aromatic N) is 1. The molecule has 1 saturated carbocycles. The van der Waals surface area contributed by atoms with Crippen molar-refractivity contribution in [2.75, 3.05) is 26.7 Å². The standard InChI is InChI=1S/C21H35N3O6/c1-20(2,3)30-19(28)23-13-15(25)24-12-8-11-21(9-6-5-7-10-21)17(24)18(27)22-14-16(26)29-4/h17H,5-14H2,1-4H3,(H,22,27)(H,23,28). The Labute approximate surface area is 178 Å². The van der Waals surface area contributed by atoms with E-state index in [1.807, 2.05) is 0 Å². The molecule has 1 spiro atoms. The van der Waals surface area contributed by atoms with Gasteiger partial charge in [-0.25, -0.2) is 4.79 Å². The van der Waals surface area contributed by atoms with E-state index in [0.29, 0.717) is 6.54 Å². The highest BCUT2D eigenvalue weighted by molar-refractivity contribution is 5.91. The normalized spacial score (nSPS) is 20.9. The zero-order valence-corrected chi connectivity index (χ0v) is 18.5. The first-order chi connectivity index (χ1) is 14.1. The molecule has 1 saturated heterocycles. The molecule has 9 nitrogen and oxygen atoms in total.